The molecule has 3 aromatic heterocycles. The Bertz CT molecular complexity index is 1620. The molecule has 214 valence electrons. The van der Waals surface area contributed by atoms with Gasteiger partial charge in [0.25, 0.3) is 5.91 Å². The third-order valence-electron chi connectivity index (χ3n) is 6.28. The lowest BCUT2D eigenvalue weighted by molar-refractivity contribution is 0.0952. The molecule has 0 spiro atoms. The van der Waals surface area contributed by atoms with E-state index < -0.39 is 6.03 Å². The first-order valence-corrected chi connectivity index (χ1v) is 13.5. The van der Waals surface area contributed by atoms with Crippen LogP contribution in [-0.2, 0) is 12.0 Å². The summed E-state index contributed by atoms with van der Waals surface area (Å²) in [5.74, 6) is 1.62. The van der Waals surface area contributed by atoms with Gasteiger partial charge >= 0.3 is 6.03 Å². The van der Waals surface area contributed by atoms with E-state index >= 15 is 0 Å². The number of hydrogen-bond donors (Lipinski definition) is 3. The topological polar surface area (TPSA) is 128 Å². The van der Waals surface area contributed by atoms with Gasteiger partial charge in [0.1, 0.15) is 17.3 Å². The maximum Gasteiger partial charge on any atom is 0.324 e. The van der Waals surface area contributed by atoms with Crippen molar-refractivity contribution >= 4 is 23.4 Å². The minimum Gasteiger partial charge on any atom is -0.457 e. The number of nitrogens with zero attached hydrogens (tertiary/aromatic N) is 5. The van der Waals surface area contributed by atoms with Gasteiger partial charge in [0, 0.05) is 54.1 Å². The van der Waals surface area contributed by atoms with Gasteiger partial charge < -0.3 is 15.4 Å². The number of pyridine rings is 1. The molecule has 0 saturated heterocycles. The first kappa shape index (κ1) is 28.1. The molecule has 0 aliphatic heterocycles. The molecular formula is C31H32N8O3. The summed E-state index contributed by atoms with van der Waals surface area (Å²) in [6.07, 6.45) is 6.86. The fraction of sp³-hybridized carbons (Fsp3) is 0.194. The molecule has 0 saturated carbocycles. The summed E-state index contributed by atoms with van der Waals surface area (Å²) >= 11 is 0. The number of ether oxygens (including phenoxy) is 1. The van der Waals surface area contributed by atoms with Gasteiger partial charge in [-0.25, -0.2) is 9.48 Å². The van der Waals surface area contributed by atoms with E-state index in [9.17, 15) is 9.59 Å². The number of rotatable bonds is 9. The molecule has 0 aliphatic carbocycles. The van der Waals surface area contributed by atoms with Crippen LogP contribution in [-0.4, -0.2) is 43.0 Å². The van der Waals surface area contributed by atoms with Gasteiger partial charge in [0.15, 0.2) is 0 Å². The van der Waals surface area contributed by atoms with Crippen LogP contribution in [0.1, 0.15) is 36.8 Å². The monoisotopic (exact) mass is 564 g/mol. The smallest absolute Gasteiger partial charge is 0.324 e. The molecule has 0 bridgehead atoms. The minimum atomic E-state index is -0.424. The van der Waals surface area contributed by atoms with Crippen molar-refractivity contribution in [2.45, 2.75) is 32.7 Å². The third-order valence-corrected chi connectivity index (χ3v) is 6.28. The number of carbonyl (C=O) groups excluding carboxylic acids is 2. The van der Waals surface area contributed by atoms with E-state index in [1.54, 1.807) is 88.6 Å². The highest BCUT2D eigenvalue weighted by atomic mass is 16.5. The van der Waals surface area contributed by atoms with E-state index in [0.717, 1.165) is 5.69 Å². The highest BCUT2D eigenvalue weighted by Crippen LogP contribution is 2.27. The van der Waals surface area contributed by atoms with Gasteiger partial charge in [-0.1, -0.05) is 20.8 Å². The summed E-state index contributed by atoms with van der Waals surface area (Å²) in [4.78, 5) is 29.6. The van der Waals surface area contributed by atoms with Crippen LogP contribution in [0.3, 0.4) is 0 Å². The summed E-state index contributed by atoms with van der Waals surface area (Å²) in [7, 11) is 0. The number of anilines is 2. The Hall–Kier alpha value is -5.45. The van der Waals surface area contributed by atoms with Crippen LogP contribution in [0, 0.1) is 0 Å². The van der Waals surface area contributed by atoms with Crippen LogP contribution in [0.4, 0.5) is 16.3 Å². The third kappa shape index (κ3) is 7.19. The molecular weight excluding hydrogens is 532 g/mol. The van der Waals surface area contributed by atoms with Crippen molar-refractivity contribution in [2.75, 3.05) is 17.2 Å². The molecule has 0 radical (unpaired) electrons. The summed E-state index contributed by atoms with van der Waals surface area (Å²) in [6.45, 7) is 7.20. The minimum absolute atomic E-state index is 0.181. The second kappa shape index (κ2) is 12.4. The van der Waals surface area contributed by atoms with Gasteiger partial charge in [0.05, 0.1) is 17.9 Å². The van der Waals surface area contributed by atoms with Crippen LogP contribution < -0.4 is 20.7 Å². The number of hydrogen-bond acceptors (Lipinski definition) is 6. The fourth-order valence-electron chi connectivity index (χ4n) is 4.03. The number of nitrogens with one attached hydrogen (secondary N) is 3. The normalized spacial score (nSPS) is 11.1. The molecule has 3 heterocycles. The second-order valence-corrected chi connectivity index (χ2v) is 10.5. The Morgan fingerprint density at radius 2 is 1.60 bits per heavy atom. The predicted molar refractivity (Wildman–Crippen MR) is 160 cm³/mol. The fourth-order valence-corrected chi connectivity index (χ4v) is 4.03. The molecule has 0 atom stereocenters. The molecule has 0 aliphatic rings. The molecule has 3 N–H and O–H groups in total. The van der Waals surface area contributed by atoms with E-state index in [4.69, 9.17) is 9.84 Å². The summed E-state index contributed by atoms with van der Waals surface area (Å²) < 4.78 is 9.20. The Morgan fingerprint density at radius 1 is 0.881 bits per heavy atom. The highest BCUT2D eigenvalue weighted by molar-refractivity contribution is 5.99. The van der Waals surface area contributed by atoms with Crippen LogP contribution >= 0.6 is 0 Å². The lowest BCUT2D eigenvalue weighted by atomic mass is 9.92. The average molecular weight is 565 g/mol. The lowest BCUT2D eigenvalue weighted by Crippen LogP contribution is -2.27. The van der Waals surface area contributed by atoms with Gasteiger partial charge in [-0.05, 0) is 66.7 Å². The number of aromatic nitrogens is 5. The van der Waals surface area contributed by atoms with E-state index in [1.165, 1.54) is 0 Å². The van der Waals surface area contributed by atoms with Crippen molar-refractivity contribution < 1.29 is 14.3 Å². The summed E-state index contributed by atoms with van der Waals surface area (Å²) in [5.41, 5.74) is 2.37. The Kier molecular flexibility index (Phi) is 8.28. The van der Waals surface area contributed by atoms with Crippen molar-refractivity contribution in [3.63, 3.8) is 0 Å². The van der Waals surface area contributed by atoms with E-state index in [1.807, 2.05) is 18.3 Å². The average Bonchev–Trinajstić information content (AvgIpc) is 3.65. The van der Waals surface area contributed by atoms with Gasteiger partial charge in [-0.2, -0.15) is 10.2 Å². The zero-order chi connectivity index (χ0) is 29.5. The second-order valence-electron chi connectivity index (χ2n) is 10.5. The van der Waals surface area contributed by atoms with Crippen molar-refractivity contribution in [1.82, 2.24) is 29.9 Å². The van der Waals surface area contributed by atoms with Crippen LogP contribution in [0.25, 0.3) is 5.69 Å². The zero-order valence-corrected chi connectivity index (χ0v) is 23.6. The van der Waals surface area contributed by atoms with Crippen molar-refractivity contribution in [2.24, 2.45) is 0 Å². The molecule has 2 aromatic carbocycles. The maximum atomic E-state index is 13.0. The lowest BCUT2D eigenvalue weighted by Gasteiger charge is -2.14. The van der Waals surface area contributed by atoms with Crippen LogP contribution in [0.5, 0.6) is 11.5 Å². The van der Waals surface area contributed by atoms with Crippen LogP contribution in [0.2, 0.25) is 0 Å². The maximum absolute atomic E-state index is 13.0. The number of benzene rings is 2. The first-order valence-electron chi connectivity index (χ1n) is 13.5. The largest absolute Gasteiger partial charge is 0.457 e. The van der Waals surface area contributed by atoms with E-state index in [-0.39, 0.29) is 11.3 Å². The van der Waals surface area contributed by atoms with Crippen molar-refractivity contribution in [1.29, 1.82) is 0 Å². The van der Waals surface area contributed by atoms with E-state index in [0.29, 0.717) is 47.3 Å². The molecule has 5 rings (SSSR count). The van der Waals surface area contributed by atoms with Crippen molar-refractivity contribution in [3.8, 4) is 17.2 Å². The highest BCUT2D eigenvalue weighted by Gasteiger charge is 2.22. The van der Waals surface area contributed by atoms with Gasteiger partial charge in [0.2, 0.25) is 0 Å². The molecule has 11 nitrogen and oxygen atoms in total. The quantitative estimate of drug-likeness (QED) is 0.213. The Labute approximate surface area is 243 Å². The van der Waals surface area contributed by atoms with Crippen molar-refractivity contribution in [3.05, 3.63) is 109 Å². The summed E-state index contributed by atoms with van der Waals surface area (Å²) in [5, 5.41) is 17.5. The molecule has 11 heteroatoms. The molecule has 3 amide bonds. The number of urea groups is 1. The Morgan fingerprint density at radius 3 is 2.26 bits per heavy atom. The molecule has 0 fully saturated rings. The van der Waals surface area contributed by atoms with Gasteiger partial charge in [-0.3, -0.25) is 19.8 Å². The predicted octanol–water partition coefficient (Wildman–Crippen LogP) is 5.63. The van der Waals surface area contributed by atoms with Gasteiger partial charge in [-0.15, -0.1) is 0 Å². The van der Waals surface area contributed by atoms with E-state index in [2.05, 4.69) is 46.8 Å². The standard InChI is InChI=1S/C31H32N8O3/c1-31(2,3)27-21-28(36-30(41)35-23-7-11-25(12-8-23)42-26-13-16-32-17-14-26)39(37-27)24-9-5-22(6-10-24)29(40)33-18-20-38-19-4-15-34-38/h4-17,19,21H,18,20H2,1-3H3,(H,33,40)(H2,35,36,41). The molecule has 5 aromatic rings. The molecule has 0 unspecified atom stereocenters. The molecule has 42 heavy (non-hydrogen) atoms. The van der Waals surface area contributed by atoms with Crippen LogP contribution in [0.15, 0.2) is 97.6 Å². The number of carbonyl (C=O) groups is 2. The first-order chi connectivity index (χ1) is 20.2. The number of amides is 3. The summed E-state index contributed by atoms with van der Waals surface area (Å²) in [6, 6.07) is 20.9. The Balaban J connectivity index is 1.25. The SMILES string of the molecule is CC(C)(C)c1cc(NC(=O)Nc2ccc(Oc3ccncc3)cc2)n(-c2ccc(C(=O)NCCn3cccn3)cc2)n1. The zero-order valence-electron chi connectivity index (χ0n) is 23.6.